The molecule has 10 heteroatoms. The summed E-state index contributed by atoms with van der Waals surface area (Å²) in [4.78, 5) is 29.6. The van der Waals surface area contributed by atoms with E-state index in [-0.39, 0.29) is 6.54 Å². The Morgan fingerprint density at radius 2 is 1.54 bits per heavy atom. The third-order valence-corrected chi connectivity index (χ3v) is 5.36. The van der Waals surface area contributed by atoms with Crippen molar-refractivity contribution in [2.75, 3.05) is 52.9 Å². The molecule has 0 aromatic heterocycles. The van der Waals surface area contributed by atoms with Gasteiger partial charge in [-0.15, -0.1) is 0 Å². The second-order valence-corrected chi connectivity index (χ2v) is 8.66. The van der Waals surface area contributed by atoms with Crippen LogP contribution < -0.4 is 5.32 Å². The predicted molar refractivity (Wildman–Crippen MR) is 97.9 cm³/mol. The van der Waals surface area contributed by atoms with Crippen LogP contribution >= 0.6 is 0 Å². The zero-order chi connectivity index (χ0) is 21.2. The lowest BCUT2D eigenvalue weighted by atomic mass is 9.84. The molecular formula is C18H31F3N4O3. The van der Waals surface area contributed by atoms with E-state index in [4.69, 9.17) is 4.74 Å². The number of hydrogen-bond donors (Lipinski definition) is 1. The molecule has 2 rings (SSSR count). The summed E-state index contributed by atoms with van der Waals surface area (Å²) < 4.78 is 43.3. The monoisotopic (exact) mass is 408 g/mol. The fourth-order valence-corrected chi connectivity index (χ4v) is 3.66. The highest BCUT2D eigenvalue weighted by molar-refractivity contribution is 5.81. The molecule has 2 aliphatic rings. The smallest absolute Gasteiger partial charge is 0.444 e. The topological polar surface area (TPSA) is 65.1 Å². The van der Waals surface area contributed by atoms with Crippen LogP contribution in [-0.4, -0.2) is 96.9 Å². The summed E-state index contributed by atoms with van der Waals surface area (Å²) in [6, 6.07) is 0. The number of rotatable bonds is 3. The van der Waals surface area contributed by atoms with Crippen molar-refractivity contribution in [3.05, 3.63) is 0 Å². The summed E-state index contributed by atoms with van der Waals surface area (Å²) in [6.07, 6.45) is -4.36. The van der Waals surface area contributed by atoms with Crippen molar-refractivity contribution in [2.45, 2.75) is 50.9 Å². The number of hydrogen-bond acceptors (Lipinski definition) is 5. The third-order valence-electron chi connectivity index (χ3n) is 5.36. The van der Waals surface area contributed by atoms with Crippen molar-refractivity contribution in [3.63, 3.8) is 0 Å². The maximum absolute atomic E-state index is 12.6. The first kappa shape index (κ1) is 22.7. The third kappa shape index (κ3) is 5.97. The Hall–Kier alpha value is -1.55. The number of nitrogens with zero attached hydrogens (tertiary/aromatic N) is 3. The number of alkyl halides is 3. The molecule has 2 aliphatic heterocycles. The van der Waals surface area contributed by atoms with Crippen molar-refractivity contribution >= 4 is 12.0 Å². The molecule has 28 heavy (non-hydrogen) atoms. The standard InChI is InChI=1S/C18H31F3N4O3/c1-16(2,3)28-15(27)24-7-5-17(6-8-24,13-22-14(26)18(19,20)21)25-11-9-23(4)10-12-25/h5-13H2,1-4H3,(H,22,26). The quantitative estimate of drug-likeness (QED) is 0.770. The van der Waals surface area contributed by atoms with Crippen LogP contribution in [0.1, 0.15) is 33.6 Å². The summed E-state index contributed by atoms with van der Waals surface area (Å²) in [5.41, 5.74) is -1.20. The number of halogens is 3. The molecule has 1 N–H and O–H groups in total. The van der Waals surface area contributed by atoms with Gasteiger partial charge in [0.15, 0.2) is 0 Å². The van der Waals surface area contributed by atoms with E-state index in [0.29, 0.717) is 39.0 Å². The van der Waals surface area contributed by atoms with Crippen LogP contribution in [-0.2, 0) is 9.53 Å². The predicted octanol–water partition coefficient (Wildman–Crippen LogP) is 1.68. The first-order chi connectivity index (χ1) is 12.8. The molecule has 2 fully saturated rings. The van der Waals surface area contributed by atoms with Crippen molar-refractivity contribution in [2.24, 2.45) is 0 Å². The number of nitrogens with one attached hydrogen (secondary N) is 1. The number of piperazine rings is 1. The fourth-order valence-electron chi connectivity index (χ4n) is 3.66. The van der Waals surface area contributed by atoms with Gasteiger partial charge in [0.05, 0.1) is 0 Å². The molecule has 7 nitrogen and oxygen atoms in total. The minimum Gasteiger partial charge on any atom is -0.444 e. The zero-order valence-corrected chi connectivity index (χ0v) is 17.1. The molecular weight excluding hydrogens is 377 g/mol. The van der Waals surface area contributed by atoms with Crippen LogP contribution in [0.25, 0.3) is 0 Å². The molecule has 0 atom stereocenters. The first-order valence-electron chi connectivity index (χ1n) is 9.59. The van der Waals surface area contributed by atoms with Crippen LogP contribution in [0.3, 0.4) is 0 Å². The fraction of sp³-hybridized carbons (Fsp3) is 0.889. The SMILES string of the molecule is CN1CCN(C2(CNC(=O)C(F)(F)F)CCN(C(=O)OC(C)(C)C)CC2)CC1. The van der Waals surface area contributed by atoms with Crippen LogP contribution in [0.2, 0.25) is 0 Å². The van der Waals surface area contributed by atoms with Gasteiger partial charge in [0.1, 0.15) is 5.60 Å². The number of likely N-dealkylation sites (N-methyl/N-ethyl adjacent to an activating group) is 1. The van der Waals surface area contributed by atoms with E-state index >= 15 is 0 Å². The van der Waals surface area contributed by atoms with Gasteiger partial charge in [-0.2, -0.15) is 13.2 Å². The zero-order valence-electron chi connectivity index (χ0n) is 17.1. The Bertz CT molecular complexity index is 561. The summed E-state index contributed by atoms with van der Waals surface area (Å²) in [5, 5.41) is 2.07. The van der Waals surface area contributed by atoms with E-state index in [1.807, 2.05) is 7.05 Å². The van der Waals surface area contributed by atoms with Gasteiger partial charge in [0.2, 0.25) is 0 Å². The number of ether oxygens (including phenoxy) is 1. The van der Waals surface area contributed by atoms with Gasteiger partial charge in [0.25, 0.3) is 0 Å². The highest BCUT2D eigenvalue weighted by Crippen LogP contribution is 2.31. The summed E-state index contributed by atoms with van der Waals surface area (Å²) in [6.45, 7) is 9.08. The Balaban J connectivity index is 2.06. The molecule has 0 unspecified atom stereocenters. The van der Waals surface area contributed by atoms with Gasteiger partial charge >= 0.3 is 18.2 Å². The minimum absolute atomic E-state index is 0.0861. The van der Waals surface area contributed by atoms with Gasteiger partial charge in [-0.1, -0.05) is 0 Å². The maximum atomic E-state index is 12.6. The molecule has 162 valence electrons. The van der Waals surface area contributed by atoms with E-state index < -0.39 is 29.3 Å². The Morgan fingerprint density at radius 1 is 1.00 bits per heavy atom. The number of carbonyl (C=O) groups is 2. The first-order valence-corrected chi connectivity index (χ1v) is 9.59. The van der Waals surface area contributed by atoms with Gasteiger partial charge in [0, 0.05) is 51.4 Å². The van der Waals surface area contributed by atoms with Crippen molar-refractivity contribution < 1.29 is 27.5 Å². The van der Waals surface area contributed by atoms with Crippen LogP contribution in [0.4, 0.5) is 18.0 Å². The molecule has 2 heterocycles. The molecule has 0 saturated carbocycles. The van der Waals surface area contributed by atoms with E-state index in [9.17, 15) is 22.8 Å². The largest absolute Gasteiger partial charge is 0.471 e. The summed E-state index contributed by atoms with van der Waals surface area (Å²) in [7, 11) is 2.00. The number of amides is 2. The van der Waals surface area contributed by atoms with Crippen LogP contribution in [0.15, 0.2) is 0 Å². The normalized spacial score (nSPS) is 22.0. The lowest BCUT2D eigenvalue weighted by Crippen LogP contribution is -2.65. The molecule has 0 aliphatic carbocycles. The lowest BCUT2D eigenvalue weighted by Gasteiger charge is -2.51. The van der Waals surface area contributed by atoms with Gasteiger partial charge in [-0.05, 0) is 40.7 Å². The average molecular weight is 408 g/mol. The van der Waals surface area contributed by atoms with Gasteiger partial charge < -0.3 is 19.9 Å². The second kappa shape index (κ2) is 8.44. The molecule has 0 spiro atoms. The Labute approximate surface area is 164 Å². The molecule has 0 radical (unpaired) electrons. The molecule has 0 aromatic rings. The van der Waals surface area contributed by atoms with Crippen LogP contribution in [0, 0.1) is 0 Å². The maximum Gasteiger partial charge on any atom is 0.471 e. The van der Waals surface area contributed by atoms with E-state index in [1.165, 1.54) is 0 Å². The van der Waals surface area contributed by atoms with Crippen LogP contribution in [0.5, 0.6) is 0 Å². The van der Waals surface area contributed by atoms with Crippen molar-refractivity contribution in [1.29, 1.82) is 0 Å². The van der Waals surface area contributed by atoms with E-state index in [0.717, 1.165) is 13.1 Å². The lowest BCUT2D eigenvalue weighted by molar-refractivity contribution is -0.174. The molecule has 0 bridgehead atoms. The minimum atomic E-state index is -4.90. The number of piperidine rings is 1. The van der Waals surface area contributed by atoms with Crippen molar-refractivity contribution in [3.8, 4) is 0 Å². The molecule has 0 aromatic carbocycles. The van der Waals surface area contributed by atoms with Gasteiger partial charge in [-0.25, -0.2) is 4.79 Å². The molecule has 2 amide bonds. The summed E-state index contributed by atoms with van der Waals surface area (Å²) in [5.74, 6) is -1.92. The van der Waals surface area contributed by atoms with E-state index in [1.54, 1.807) is 25.7 Å². The number of carbonyl (C=O) groups excluding carboxylic acids is 2. The number of likely N-dealkylation sites (tertiary alicyclic amines) is 1. The van der Waals surface area contributed by atoms with Gasteiger partial charge in [-0.3, -0.25) is 9.69 Å². The highest BCUT2D eigenvalue weighted by atomic mass is 19.4. The molecule has 2 saturated heterocycles. The summed E-state index contributed by atoms with van der Waals surface area (Å²) >= 11 is 0. The second-order valence-electron chi connectivity index (χ2n) is 8.66. The Morgan fingerprint density at radius 3 is 2.00 bits per heavy atom. The highest BCUT2D eigenvalue weighted by Gasteiger charge is 2.45. The van der Waals surface area contributed by atoms with E-state index in [2.05, 4.69) is 15.1 Å². The van der Waals surface area contributed by atoms with Crippen molar-refractivity contribution in [1.82, 2.24) is 20.0 Å². The Kier molecular flexibility index (Phi) is 6.86. The average Bonchev–Trinajstić information content (AvgIpc) is 2.58.